The van der Waals surface area contributed by atoms with Crippen LogP contribution in [0.1, 0.15) is 29.7 Å². The Balaban J connectivity index is 2.08. The normalized spacial score (nSPS) is 14.6. The topological polar surface area (TPSA) is 21.3 Å². The van der Waals surface area contributed by atoms with Crippen LogP contribution < -0.4 is 10.1 Å². The molecule has 3 rings (SSSR count). The summed E-state index contributed by atoms with van der Waals surface area (Å²) in [5, 5.41) is 4.81. The molecule has 1 N–H and O–H groups in total. The first-order valence-electron chi connectivity index (χ1n) is 7.13. The Morgan fingerprint density at radius 2 is 2.05 bits per heavy atom. The second-order valence-electron chi connectivity index (χ2n) is 5.09. The quantitative estimate of drug-likeness (QED) is 0.886. The van der Waals surface area contributed by atoms with E-state index in [1.807, 2.05) is 12.1 Å². The van der Waals surface area contributed by atoms with Gasteiger partial charge in [0.25, 0.3) is 0 Å². The smallest absolute Gasteiger partial charge is 0.127 e. The van der Waals surface area contributed by atoms with Crippen molar-refractivity contribution in [3.63, 3.8) is 0 Å². The average Bonchev–Trinajstić information content (AvgIpc) is 2.94. The van der Waals surface area contributed by atoms with Gasteiger partial charge in [0.2, 0.25) is 0 Å². The fraction of sp³-hybridized carbons (Fsp3) is 0.294. The molecule has 0 aliphatic carbocycles. The second-order valence-corrected chi connectivity index (χ2v) is 5.93. The Bertz CT molecular complexity index is 657. The van der Waals surface area contributed by atoms with Crippen LogP contribution in [-0.4, -0.2) is 13.2 Å². The number of hydrogen-bond acceptors (Lipinski definition) is 2. The maximum atomic E-state index is 6.40. The zero-order chi connectivity index (χ0) is 14.8. The Labute approximate surface area is 135 Å². The summed E-state index contributed by atoms with van der Waals surface area (Å²) in [5.41, 5.74) is 3.42. The third-order valence-corrected chi connectivity index (χ3v) is 4.30. The highest BCUT2D eigenvalue weighted by molar-refractivity contribution is 6.35. The van der Waals surface area contributed by atoms with E-state index in [2.05, 4.69) is 30.4 Å². The van der Waals surface area contributed by atoms with Crippen molar-refractivity contribution in [2.24, 2.45) is 0 Å². The number of benzene rings is 2. The predicted octanol–water partition coefficient (Wildman–Crippen LogP) is 4.63. The SMILES string of the molecule is CCNC(c1ccc(Cl)cc1Cl)c1cccc2c1OCC2. The molecule has 1 unspecified atom stereocenters. The molecule has 0 radical (unpaired) electrons. The van der Waals surface area contributed by atoms with E-state index in [1.165, 1.54) is 5.56 Å². The Hall–Kier alpha value is -1.22. The lowest BCUT2D eigenvalue weighted by Gasteiger charge is -2.22. The summed E-state index contributed by atoms with van der Waals surface area (Å²) < 4.78 is 5.83. The Morgan fingerprint density at radius 3 is 2.81 bits per heavy atom. The van der Waals surface area contributed by atoms with Crippen LogP contribution in [0.25, 0.3) is 0 Å². The van der Waals surface area contributed by atoms with Gasteiger partial charge in [-0.2, -0.15) is 0 Å². The van der Waals surface area contributed by atoms with Gasteiger partial charge < -0.3 is 10.1 Å². The number of halogens is 2. The van der Waals surface area contributed by atoms with Gasteiger partial charge >= 0.3 is 0 Å². The molecule has 2 aromatic carbocycles. The van der Waals surface area contributed by atoms with Crippen molar-refractivity contribution in [3.05, 3.63) is 63.1 Å². The van der Waals surface area contributed by atoms with Crippen molar-refractivity contribution in [1.82, 2.24) is 5.32 Å². The molecule has 21 heavy (non-hydrogen) atoms. The molecule has 0 fully saturated rings. The minimum absolute atomic E-state index is 0.00724. The first-order chi connectivity index (χ1) is 10.2. The molecule has 0 amide bonds. The fourth-order valence-electron chi connectivity index (χ4n) is 2.80. The van der Waals surface area contributed by atoms with E-state index in [0.29, 0.717) is 10.0 Å². The van der Waals surface area contributed by atoms with Gasteiger partial charge in [-0.1, -0.05) is 54.4 Å². The third-order valence-electron chi connectivity index (χ3n) is 3.74. The molecule has 0 aromatic heterocycles. The molecule has 4 heteroatoms. The van der Waals surface area contributed by atoms with E-state index in [0.717, 1.165) is 36.4 Å². The lowest BCUT2D eigenvalue weighted by atomic mass is 9.95. The van der Waals surface area contributed by atoms with Crippen molar-refractivity contribution in [2.75, 3.05) is 13.2 Å². The second kappa shape index (κ2) is 6.27. The van der Waals surface area contributed by atoms with Crippen molar-refractivity contribution < 1.29 is 4.74 Å². The number of para-hydroxylation sites is 1. The van der Waals surface area contributed by atoms with Gasteiger partial charge in [-0.25, -0.2) is 0 Å². The summed E-state index contributed by atoms with van der Waals surface area (Å²) in [6.07, 6.45) is 0.969. The molecular weight excluding hydrogens is 305 g/mol. The summed E-state index contributed by atoms with van der Waals surface area (Å²) in [6, 6.07) is 11.9. The number of fused-ring (bicyclic) bond motifs is 1. The summed E-state index contributed by atoms with van der Waals surface area (Å²) in [4.78, 5) is 0. The highest BCUT2D eigenvalue weighted by Crippen LogP contribution is 2.38. The lowest BCUT2D eigenvalue weighted by molar-refractivity contribution is 0.350. The summed E-state index contributed by atoms with van der Waals surface area (Å²) in [6.45, 7) is 3.67. The third kappa shape index (κ3) is 2.89. The molecule has 0 spiro atoms. The standard InChI is InChI=1S/C17H17Cl2NO/c1-2-20-16(13-7-6-12(18)10-15(13)19)14-5-3-4-11-8-9-21-17(11)14/h3-7,10,16,20H,2,8-9H2,1H3. The summed E-state index contributed by atoms with van der Waals surface area (Å²) >= 11 is 12.4. The molecule has 1 heterocycles. The molecular formula is C17H17Cl2NO. The van der Waals surface area contributed by atoms with Crippen LogP contribution in [0.15, 0.2) is 36.4 Å². The van der Waals surface area contributed by atoms with E-state index in [9.17, 15) is 0 Å². The van der Waals surface area contributed by atoms with E-state index in [1.54, 1.807) is 6.07 Å². The van der Waals surface area contributed by atoms with Crippen LogP contribution in [0, 0.1) is 0 Å². The molecule has 1 aliphatic rings. The van der Waals surface area contributed by atoms with Gasteiger partial charge in [0, 0.05) is 22.0 Å². The molecule has 0 bridgehead atoms. The van der Waals surface area contributed by atoms with Gasteiger partial charge in [-0.05, 0) is 29.8 Å². The number of rotatable bonds is 4. The zero-order valence-corrected chi connectivity index (χ0v) is 13.3. The van der Waals surface area contributed by atoms with E-state index >= 15 is 0 Å². The number of hydrogen-bond donors (Lipinski definition) is 1. The lowest BCUT2D eigenvalue weighted by Crippen LogP contribution is -2.22. The average molecular weight is 322 g/mol. The van der Waals surface area contributed by atoms with E-state index in [-0.39, 0.29) is 6.04 Å². The van der Waals surface area contributed by atoms with Gasteiger partial charge in [-0.15, -0.1) is 0 Å². The van der Waals surface area contributed by atoms with Crippen molar-refractivity contribution >= 4 is 23.2 Å². The number of ether oxygens (including phenoxy) is 1. The van der Waals surface area contributed by atoms with Crippen molar-refractivity contribution in [3.8, 4) is 5.75 Å². The van der Waals surface area contributed by atoms with Gasteiger partial charge in [0.1, 0.15) is 5.75 Å². The molecule has 1 atom stereocenters. The van der Waals surface area contributed by atoms with Gasteiger partial charge in [0.15, 0.2) is 0 Å². The van der Waals surface area contributed by atoms with Crippen LogP contribution >= 0.6 is 23.2 Å². The zero-order valence-electron chi connectivity index (χ0n) is 11.8. The Morgan fingerprint density at radius 1 is 1.19 bits per heavy atom. The summed E-state index contributed by atoms with van der Waals surface area (Å²) in [7, 11) is 0. The van der Waals surface area contributed by atoms with Crippen LogP contribution in [0.3, 0.4) is 0 Å². The molecule has 0 saturated carbocycles. The first kappa shape index (κ1) is 14.7. The van der Waals surface area contributed by atoms with Gasteiger partial charge in [0.05, 0.1) is 12.6 Å². The largest absolute Gasteiger partial charge is 0.493 e. The highest BCUT2D eigenvalue weighted by atomic mass is 35.5. The maximum absolute atomic E-state index is 6.40. The van der Waals surface area contributed by atoms with E-state index < -0.39 is 0 Å². The molecule has 2 aromatic rings. The van der Waals surface area contributed by atoms with Crippen LogP contribution in [0.5, 0.6) is 5.75 Å². The van der Waals surface area contributed by atoms with E-state index in [4.69, 9.17) is 27.9 Å². The minimum atomic E-state index is 0.00724. The van der Waals surface area contributed by atoms with Crippen LogP contribution in [0.2, 0.25) is 10.0 Å². The molecule has 2 nitrogen and oxygen atoms in total. The minimum Gasteiger partial charge on any atom is -0.493 e. The Kier molecular flexibility index (Phi) is 4.39. The maximum Gasteiger partial charge on any atom is 0.127 e. The van der Waals surface area contributed by atoms with Crippen LogP contribution in [-0.2, 0) is 6.42 Å². The molecule has 0 saturated heterocycles. The van der Waals surface area contributed by atoms with Crippen LogP contribution in [0.4, 0.5) is 0 Å². The monoisotopic (exact) mass is 321 g/mol. The van der Waals surface area contributed by atoms with Gasteiger partial charge in [-0.3, -0.25) is 0 Å². The predicted molar refractivity (Wildman–Crippen MR) is 87.6 cm³/mol. The molecule has 1 aliphatic heterocycles. The molecule has 110 valence electrons. The fourth-order valence-corrected chi connectivity index (χ4v) is 3.31. The highest BCUT2D eigenvalue weighted by Gasteiger charge is 2.24. The van der Waals surface area contributed by atoms with Crippen molar-refractivity contribution in [2.45, 2.75) is 19.4 Å². The number of nitrogens with one attached hydrogen (secondary N) is 1. The van der Waals surface area contributed by atoms with Crippen molar-refractivity contribution in [1.29, 1.82) is 0 Å². The first-order valence-corrected chi connectivity index (χ1v) is 7.89. The summed E-state index contributed by atoms with van der Waals surface area (Å²) in [5.74, 6) is 0.995.